The van der Waals surface area contributed by atoms with Crippen LogP contribution < -0.4 is 11.1 Å². The van der Waals surface area contributed by atoms with Crippen molar-refractivity contribution in [2.75, 3.05) is 6.54 Å². The van der Waals surface area contributed by atoms with Gasteiger partial charge in [0.2, 0.25) is 0 Å². The monoisotopic (exact) mass is 227 g/mol. The fraction of sp³-hybridized carbons (Fsp3) is 0.500. The maximum absolute atomic E-state index is 8.34. The highest BCUT2D eigenvalue weighted by molar-refractivity contribution is 7.10. The lowest BCUT2D eigenvalue weighted by Crippen LogP contribution is -2.21. The molecule has 1 aromatic heterocycles. The first-order valence-corrected chi connectivity index (χ1v) is 5.85. The first-order chi connectivity index (χ1) is 7.24. The number of hydrogen-bond donors (Lipinski definition) is 3. The van der Waals surface area contributed by atoms with Gasteiger partial charge in [-0.15, -0.1) is 11.3 Å². The zero-order valence-corrected chi connectivity index (χ0v) is 9.63. The molecule has 0 radical (unpaired) electrons. The largest absolute Gasteiger partial charge is 0.409 e. The molecular formula is C10H17N3OS. The van der Waals surface area contributed by atoms with Gasteiger partial charge in [-0.1, -0.05) is 11.2 Å². The summed E-state index contributed by atoms with van der Waals surface area (Å²) in [6.45, 7) is 3.00. The molecule has 0 aromatic carbocycles. The summed E-state index contributed by atoms with van der Waals surface area (Å²) in [6.07, 6.45) is 1.51. The number of nitrogens with two attached hydrogens (primary N) is 1. The van der Waals surface area contributed by atoms with Gasteiger partial charge in [0.1, 0.15) is 5.84 Å². The van der Waals surface area contributed by atoms with Crippen molar-refractivity contribution in [3.8, 4) is 0 Å². The molecule has 1 aromatic rings. The second-order valence-corrected chi connectivity index (χ2v) is 4.37. The van der Waals surface area contributed by atoms with Crippen LogP contribution in [0.4, 0.5) is 0 Å². The highest BCUT2D eigenvalue weighted by Crippen LogP contribution is 2.17. The Balaban J connectivity index is 2.15. The van der Waals surface area contributed by atoms with Gasteiger partial charge in [0.05, 0.1) is 0 Å². The molecule has 1 rings (SSSR count). The maximum Gasteiger partial charge on any atom is 0.139 e. The Bertz CT molecular complexity index is 298. The van der Waals surface area contributed by atoms with Crippen LogP contribution >= 0.6 is 11.3 Å². The van der Waals surface area contributed by atoms with E-state index in [-0.39, 0.29) is 0 Å². The maximum atomic E-state index is 8.34. The fourth-order valence-electron chi connectivity index (χ4n) is 1.28. The second-order valence-electron chi connectivity index (χ2n) is 3.39. The predicted molar refractivity (Wildman–Crippen MR) is 63.4 cm³/mol. The molecule has 1 atom stereocenters. The summed E-state index contributed by atoms with van der Waals surface area (Å²) >= 11 is 1.75. The molecule has 84 valence electrons. The molecule has 4 nitrogen and oxygen atoms in total. The van der Waals surface area contributed by atoms with Gasteiger partial charge in [0.15, 0.2) is 0 Å². The third-order valence-electron chi connectivity index (χ3n) is 2.16. The molecule has 15 heavy (non-hydrogen) atoms. The lowest BCUT2D eigenvalue weighted by atomic mass is 10.2. The average molecular weight is 227 g/mol. The van der Waals surface area contributed by atoms with Crippen molar-refractivity contribution in [3.05, 3.63) is 22.4 Å². The number of thiophene rings is 1. The Morgan fingerprint density at radius 2 is 2.53 bits per heavy atom. The molecule has 0 saturated heterocycles. The van der Waals surface area contributed by atoms with E-state index in [4.69, 9.17) is 10.9 Å². The minimum atomic E-state index is 0.292. The summed E-state index contributed by atoms with van der Waals surface area (Å²) in [5.41, 5.74) is 5.36. The Labute approximate surface area is 93.8 Å². The minimum Gasteiger partial charge on any atom is -0.409 e. The summed E-state index contributed by atoms with van der Waals surface area (Å²) < 4.78 is 0. The summed E-state index contributed by atoms with van der Waals surface area (Å²) in [6, 6.07) is 4.54. The molecule has 0 amide bonds. The van der Waals surface area contributed by atoms with Gasteiger partial charge in [0, 0.05) is 17.3 Å². The van der Waals surface area contributed by atoms with Crippen LogP contribution in [0.25, 0.3) is 0 Å². The van der Waals surface area contributed by atoms with Crippen LogP contribution in [0.5, 0.6) is 0 Å². The highest BCUT2D eigenvalue weighted by atomic mass is 32.1. The molecule has 0 saturated carbocycles. The van der Waals surface area contributed by atoms with Crippen LogP contribution in [-0.4, -0.2) is 17.6 Å². The standard InChI is InChI=1S/C10H17N3OS/c1-8(9-4-3-7-15-9)12-6-2-5-10(11)13-14/h3-4,7-8,12,14H,2,5-6H2,1H3,(H2,11,13). The third-order valence-corrected chi connectivity index (χ3v) is 3.21. The van der Waals surface area contributed by atoms with E-state index >= 15 is 0 Å². The third kappa shape index (κ3) is 4.31. The van der Waals surface area contributed by atoms with E-state index < -0.39 is 0 Å². The van der Waals surface area contributed by atoms with Crippen molar-refractivity contribution >= 4 is 17.2 Å². The highest BCUT2D eigenvalue weighted by Gasteiger charge is 2.04. The quantitative estimate of drug-likeness (QED) is 0.229. The molecular weight excluding hydrogens is 210 g/mol. The van der Waals surface area contributed by atoms with E-state index in [1.807, 2.05) is 0 Å². The lowest BCUT2D eigenvalue weighted by molar-refractivity contribution is 0.316. The zero-order valence-electron chi connectivity index (χ0n) is 8.81. The van der Waals surface area contributed by atoms with Gasteiger partial charge in [-0.25, -0.2) is 0 Å². The van der Waals surface area contributed by atoms with Crippen molar-refractivity contribution < 1.29 is 5.21 Å². The summed E-state index contributed by atoms with van der Waals surface area (Å²) in [5.74, 6) is 0.292. The molecule has 0 bridgehead atoms. The van der Waals surface area contributed by atoms with Crippen molar-refractivity contribution in [2.24, 2.45) is 10.9 Å². The molecule has 5 heteroatoms. The molecule has 4 N–H and O–H groups in total. The van der Waals surface area contributed by atoms with E-state index in [0.717, 1.165) is 13.0 Å². The van der Waals surface area contributed by atoms with Gasteiger partial charge < -0.3 is 16.3 Å². The Hall–Kier alpha value is -1.07. The smallest absolute Gasteiger partial charge is 0.139 e. The van der Waals surface area contributed by atoms with Crippen LogP contribution in [-0.2, 0) is 0 Å². The topological polar surface area (TPSA) is 70.6 Å². The van der Waals surface area contributed by atoms with Crippen LogP contribution in [0.3, 0.4) is 0 Å². The molecule has 1 unspecified atom stereocenters. The second kappa shape index (κ2) is 6.42. The van der Waals surface area contributed by atoms with Gasteiger partial charge in [-0.2, -0.15) is 0 Å². The van der Waals surface area contributed by atoms with E-state index in [9.17, 15) is 0 Å². The van der Waals surface area contributed by atoms with E-state index in [1.165, 1.54) is 4.88 Å². The Morgan fingerprint density at radius 1 is 1.73 bits per heavy atom. The summed E-state index contributed by atoms with van der Waals surface area (Å²) in [7, 11) is 0. The number of hydrogen-bond acceptors (Lipinski definition) is 4. The van der Waals surface area contributed by atoms with Crippen LogP contribution in [0.1, 0.15) is 30.7 Å². The number of rotatable bonds is 6. The predicted octanol–water partition coefficient (Wildman–Crippen LogP) is 1.93. The number of oxime groups is 1. The zero-order chi connectivity index (χ0) is 11.1. The molecule has 0 aliphatic rings. The molecule has 1 heterocycles. The van der Waals surface area contributed by atoms with E-state index in [0.29, 0.717) is 18.3 Å². The van der Waals surface area contributed by atoms with Crippen LogP contribution in [0, 0.1) is 0 Å². The lowest BCUT2D eigenvalue weighted by Gasteiger charge is -2.11. The van der Waals surface area contributed by atoms with Crippen molar-refractivity contribution in [3.63, 3.8) is 0 Å². The SMILES string of the molecule is CC(NCCCC(N)=NO)c1cccs1. The van der Waals surface area contributed by atoms with Crippen molar-refractivity contribution in [1.29, 1.82) is 0 Å². The van der Waals surface area contributed by atoms with Crippen molar-refractivity contribution in [1.82, 2.24) is 5.32 Å². The number of nitrogens with zero attached hydrogens (tertiary/aromatic N) is 1. The molecule has 0 fully saturated rings. The van der Waals surface area contributed by atoms with Gasteiger partial charge in [-0.3, -0.25) is 0 Å². The number of amidine groups is 1. The first kappa shape index (κ1) is 12.0. The normalized spacial score (nSPS) is 14.1. The first-order valence-electron chi connectivity index (χ1n) is 4.97. The Kier molecular flexibility index (Phi) is 5.14. The minimum absolute atomic E-state index is 0.292. The van der Waals surface area contributed by atoms with E-state index in [2.05, 4.69) is 34.9 Å². The summed E-state index contributed by atoms with van der Waals surface area (Å²) in [4.78, 5) is 1.33. The van der Waals surface area contributed by atoms with Gasteiger partial charge in [0.25, 0.3) is 0 Å². The fourth-order valence-corrected chi connectivity index (χ4v) is 2.04. The number of nitrogens with one attached hydrogen (secondary N) is 1. The molecule has 0 spiro atoms. The van der Waals surface area contributed by atoms with Crippen LogP contribution in [0.2, 0.25) is 0 Å². The Morgan fingerprint density at radius 3 is 3.13 bits per heavy atom. The molecule has 0 aliphatic carbocycles. The van der Waals surface area contributed by atoms with Gasteiger partial charge in [-0.05, 0) is 31.3 Å². The summed E-state index contributed by atoms with van der Waals surface area (Å²) in [5, 5.41) is 16.7. The van der Waals surface area contributed by atoms with Crippen molar-refractivity contribution in [2.45, 2.75) is 25.8 Å². The molecule has 0 aliphatic heterocycles. The van der Waals surface area contributed by atoms with Gasteiger partial charge >= 0.3 is 0 Å². The average Bonchev–Trinajstić information content (AvgIpc) is 2.77. The van der Waals surface area contributed by atoms with E-state index in [1.54, 1.807) is 11.3 Å². The van der Waals surface area contributed by atoms with Crippen LogP contribution in [0.15, 0.2) is 22.7 Å².